The van der Waals surface area contributed by atoms with Gasteiger partial charge in [-0.15, -0.1) is 0 Å². The molecule has 0 saturated carbocycles. The molecule has 35 heavy (non-hydrogen) atoms. The van der Waals surface area contributed by atoms with Gasteiger partial charge in [0.15, 0.2) is 0 Å². The van der Waals surface area contributed by atoms with Gasteiger partial charge < -0.3 is 10.2 Å². The van der Waals surface area contributed by atoms with Gasteiger partial charge in [-0.1, -0.05) is 56.3 Å². The van der Waals surface area contributed by atoms with Crippen molar-refractivity contribution in [3.8, 4) is 0 Å². The van der Waals surface area contributed by atoms with E-state index in [2.05, 4.69) is 5.32 Å². The predicted molar refractivity (Wildman–Crippen MR) is 136 cm³/mol. The lowest BCUT2D eigenvalue weighted by Crippen LogP contribution is -2.53. The minimum Gasteiger partial charge on any atom is -0.354 e. The lowest BCUT2D eigenvalue weighted by molar-refractivity contribution is -0.138. The Morgan fingerprint density at radius 3 is 2.14 bits per heavy atom. The molecule has 1 N–H and O–H groups in total. The molecule has 0 radical (unpaired) electrons. The average molecular weight is 507 g/mol. The van der Waals surface area contributed by atoms with E-state index in [9.17, 15) is 22.4 Å². The highest BCUT2D eigenvalue weighted by Crippen LogP contribution is 2.23. The summed E-state index contributed by atoms with van der Waals surface area (Å²) in [6.45, 7) is 5.50. The number of benzene rings is 2. The minimum absolute atomic E-state index is 0.187. The summed E-state index contributed by atoms with van der Waals surface area (Å²) in [6, 6.07) is 14.0. The van der Waals surface area contributed by atoms with Crippen LogP contribution in [0.2, 0.25) is 0 Å². The minimum atomic E-state index is -4.20. The average Bonchev–Trinajstić information content (AvgIpc) is 2.82. The van der Waals surface area contributed by atoms with E-state index in [1.54, 1.807) is 6.92 Å². The van der Waals surface area contributed by atoms with Gasteiger partial charge in [0.1, 0.15) is 18.4 Å². The molecule has 0 spiro atoms. The van der Waals surface area contributed by atoms with E-state index in [1.165, 1.54) is 37.2 Å². The Balaban J connectivity index is 2.37. The van der Waals surface area contributed by atoms with E-state index in [4.69, 9.17) is 0 Å². The van der Waals surface area contributed by atoms with E-state index in [-0.39, 0.29) is 24.1 Å². The Labute approximate surface area is 207 Å². The quantitative estimate of drug-likeness (QED) is 0.479. The summed E-state index contributed by atoms with van der Waals surface area (Å²) >= 11 is 0. The van der Waals surface area contributed by atoms with Gasteiger partial charge in [-0.2, -0.15) is 12.7 Å². The number of anilines is 1. The molecule has 1 unspecified atom stereocenters. The fourth-order valence-electron chi connectivity index (χ4n) is 3.38. The summed E-state index contributed by atoms with van der Waals surface area (Å²) in [5, 5.41) is 2.83. The lowest BCUT2D eigenvalue weighted by atomic mass is 10.1. The number of amides is 2. The second-order valence-corrected chi connectivity index (χ2v) is 11.0. The van der Waals surface area contributed by atoms with Crippen LogP contribution >= 0.6 is 0 Å². The molecule has 8 nitrogen and oxygen atoms in total. The van der Waals surface area contributed by atoms with Gasteiger partial charge in [0.05, 0.1) is 5.69 Å². The fourth-order valence-corrected chi connectivity index (χ4v) is 4.44. The number of rotatable bonds is 12. The van der Waals surface area contributed by atoms with Gasteiger partial charge in [0, 0.05) is 27.2 Å². The number of hydrogen-bond acceptors (Lipinski definition) is 4. The van der Waals surface area contributed by atoms with E-state index >= 15 is 0 Å². The second-order valence-electron chi connectivity index (χ2n) is 8.89. The summed E-state index contributed by atoms with van der Waals surface area (Å²) in [5.41, 5.74) is 0.724. The molecule has 0 bridgehead atoms. The summed E-state index contributed by atoms with van der Waals surface area (Å²) in [5.74, 6) is -1.50. The summed E-state index contributed by atoms with van der Waals surface area (Å²) in [6.07, 6.45) is 0.467. The van der Waals surface area contributed by atoms with E-state index in [1.807, 2.05) is 44.2 Å². The van der Waals surface area contributed by atoms with Gasteiger partial charge >= 0.3 is 10.2 Å². The highest BCUT2D eigenvalue weighted by atomic mass is 32.2. The monoisotopic (exact) mass is 506 g/mol. The maximum Gasteiger partial charge on any atom is 0.304 e. The van der Waals surface area contributed by atoms with Crippen molar-refractivity contribution in [2.45, 2.75) is 33.2 Å². The Bertz CT molecular complexity index is 1090. The van der Waals surface area contributed by atoms with Gasteiger partial charge in [-0.05, 0) is 37.0 Å². The molecule has 0 aliphatic carbocycles. The van der Waals surface area contributed by atoms with Crippen molar-refractivity contribution >= 4 is 27.7 Å². The molecule has 192 valence electrons. The standard InChI is InChI=1S/C25H35FN4O4S/c1-19(2)17-27-25(32)20(3)29(16-15-21-11-7-6-8-12-21)24(31)18-30(35(33,34)28(4)5)23-14-10-9-13-22(23)26/h6-14,19-20H,15-18H2,1-5H3,(H,27,32). The molecule has 10 heteroatoms. The molecule has 0 fully saturated rings. The number of halogens is 1. The molecular formula is C25H35FN4O4S. The zero-order chi connectivity index (χ0) is 26.2. The maximum absolute atomic E-state index is 14.6. The lowest BCUT2D eigenvalue weighted by Gasteiger charge is -2.33. The first kappa shape index (κ1) is 28.3. The van der Waals surface area contributed by atoms with E-state index in [0.29, 0.717) is 13.0 Å². The third-order valence-electron chi connectivity index (χ3n) is 5.48. The van der Waals surface area contributed by atoms with Crippen LogP contribution in [0.5, 0.6) is 0 Å². The fraction of sp³-hybridized carbons (Fsp3) is 0.440. The van der Waals surface area contributed by atoms with Gasteiger partial charge in [0.2, 0.25) is 11.8 Å². The van der Waals surface area contributed by atoms with Crippen molar-refractivity contribution in [1.29, 1.82) is 0 Å². The molecule has 0 saturated heterocycles. The summed E-state index contributed by atoms with van der Waals surface area (Å²) in [7, 11) is -1.58. The molecule has 1 atom stereocenters. The van der Waals surface area contributed by atoms with Crippen LogP contribution in [0.25, 0.3) is 0 Å². The number of carbonyl (C=O) groups is 2. The number of nitrogens with zero attached hydrogens (tertiary/aromatic N) is 3. The van der Waals surface area contributed by atoms with Crippen LogP contribution in [0.3, 0.4) is 0 Å². The molecular weight excluding hydrogens is 471 g/mol. The SMILES string of the molecule is CC(C)CNC(=O)C(C)N(CCc1ccccc1)C(=O)CN(c1ccccc1F)S(=O)(=O)N(C)C. The van der Waals surface area contributed by atoms with Crippen molar-refractivity contribution in [1.82, 2.24) is 14.5 Å². The molecule has 2 aromatic rings. The van der Waals surface area contributed by atoms with Crippen LogP contribution in [-0.4, -0.2) is 69.2 Å². The number of carbonyl (C=O) groups excluding carboxylic acids is 2. The molecule has 2 rings (SSSR count). The van der Waals surface area contributed by atoms with Crippen LogP contribution in [0.15, 0.2) is 54.6 Å². The van der Waals surface area contributed by atoms with Crippen LogP contribution < -0.4 is 9.62 Å². The van der Waals surface area contributed by atoms with Crippen molar-refractivity contribution in [2.24, 2.45) is 5.92 Å². The van der Waals surface area contributed by atoms with Crippen LogP contribution in [0, 0.1) is 11.7 Å². The van der Waals surface area contributed by atoms with Crippen LogP contribution in [0.1, 0.15) is 26.3 Å². The van der Waals surface area contributed by atoms with Crippen molar-refractivity contribution < 1.29 is 22.4 Å². The highest BCUT2D eigenvalue weighted by Gasteiger charge is 2.33. The topological polar surface area (TPSA) is 90.0 Å². The molecule has 0 heterocycles. The summed E-state index contributed by atoms with van der Waals surface area (Å²) < 4.78 is 42.3. The first-order valence-corrected chi connectivity index (χ1v) is 12.9. The van der Waals surface area contributed by atoms with Crippen LogP contribution in [-0.2, 0) is 26.2 Å². The maximum atomic E-state index is 14.6. The highest BCUT2D eigenvalue weighted by molar-refractivity contribution is 7.90. The Morgan fingerprint density at radius 2 is 1.57 bits per heavy atom. The largest absolute Gasteiger partial charge is 0.354 e. The molecule has 0 aliphatic rings. The van der Waals surface area contributed by atoms with Crippen molar-refractivity contribution in [3.05, 3.63) is 66.0 Å². The third kappa shape index (κ3) is 7.76. The van der Waals surface area contributed by atoms with Crippen LogP contribution in [0.4, 0.5) is 10.1 Å². The van der Waals surface area contributed by atoms with Crippen molar-refractivity contribution in [2.75, 3.05) is 38.0 Å². The zero-order valence-corrected chi connectivity index (χ0v) is 21.8. The molecule has 2 aromatic carbocycles. The predicted octanol–water partition coefficient (Wildman–Crippen LogP) is 2.67. The number of nitrogens with one attached hydrogen (secondary N) is 1. The molecule has 0 aliphatic heterocycles. The normalized spacial score (nSPS) is 12.5. The third-order valence-corrected chi connectivity index (χ3v) is 7.28. The van der Waals surface area contributed by atoms with Crippen molar-refractivity contribution in [3.63, 3.8) is 0 Å². The van der Waals surface area contributed by atoms with E-state index in [0.717, 1.165) is 20.2 Å². The number of hydrogen-bond donors (Lipinski definition) is 1. The van der Waals surface area contributed by atoms with Gasteiger partial charge in [-0.25, -0.2) is 8.70 Å². The first-order chi connectivity index (χ1) is 16.4. The second kappa shape index (κ2) is 12.6. The molecule has 0 aromatic heterocycles. The zero-order valence-electron chi connectivity index (χ0n) is 20.9. The number of para-hydroxylation sites is 1. The Kier molecular flexibility index (Phi) is 10.2. The van der Waals surface area contributed by atoms with E-state index < -0.39 is 34.5 Å². The first-order valence-electron chi connectivity index (χ1n) is 11.5. The smallest absolute Gasteiger partial charge is 0.304 e. The molecule has 2 amide bonds. The van der Waals surface area contributed by atoms with Gasteiger partial charge in [0.25, 0.3) is 0 Å². The Hall–Kier alpha value is -2.98. The summed E-state index contributed by atoms with van der Waals surface area (Å²) in [4.78, 5) is 27.7. The van der Waals surface area contributed by atoms with Gasteiger partial charge in [-0.3, -0.25) is 9.59 Å². The Morgan fingerprint density at radius 1 is 0.971 bits per heavy atom.